The van der Waals surface area contributed by atoms with E-state index in [2.05, 4.69) is 15.6 Å². The first-order valence-electron chi connectivity index (χ1n) is 8.23. The maximum atomic E-state index is 13.8. The van der Waals surface area contributed by atoms with E-state index in [1.165, 1.54) is 18.2 Å². The summed E-state index contributed by atoms with van der Waals surface area (Å²) in [6.45, 7) is 6.73. The van der Waals surface area contributed by atoms with Crippen LogP contribution in [0.25, 0.3) is 0 Å². The van der Waals surface area contributed by atoms with Crippen LogP contribution in [-0.4, -0.2) is 38.3 Å². The van der Waals surface area contributed by atoms with E-state index in [0.29, 0.717) is 32.1 Å². The highest BCUT2D eigenvalue weighted by molar-refractivity contribution is 5.80. The molecule has 1 fully saturated rings. The predicted octanol–water partition coefficient (Wildman–Crippen LogP) is 2.80. The van der Waals surface area contributed by atoms with Gasteiger partial charge in [0, 0.05) is 43.8 Å². The van der Waals surface area contributed by atoms with Crippen LogP contribution in [-0.2, 0) is 4.74 Å². The van der Waals surface area contributed by atoms with Crippen molar-refractivity contribution in [1.29, 1.82) is 0 Å². The molecule has 6 heteroatoms. The highest BCUT2D eigenvalue weighted by atomic mass is 19.1. The highest BCUT2D eigenvalue weighted by Gasteiger charge is 2.42. The summed E-state index contributed by atoms with van der Waals surface area (Å²) < 4.78 is 32.9. The van der Waals surface area contributed by atoms with Crippen LogP contribution in [0.4, 0.5) is 8.78 Å². The fourth-order valence-electron chi connectivity index (χ4n) is 2.54. The third kappa shape index (κ3) is 5.16. The van der Waals surface area contributed by atoms with Gasteiger partial charge < -0.3 is 15.4 Å². The molecule has 23 heavy (non-hydrogen) atoms. The number of ether oxygens (including phenoxy) is 1. The van der Waals surface area contributed by atoms with Gasteiger partial charge in [-0.25, -0.2) is 8.78 Å². The summed E-state index contributed by atoms with van der Waals surface area (Å²) in [7, 11) is 0. The average molecular weight is 325 g/mol. The van der Waals surface area contributed by atoms with E-state index >= 15 is 0 Å². The molecular formula is C17H25F2N3O. The van der Waals surface area contributed by atoms with Gasteiger partial charge in [-0.1, -0.05) is 6.07 Å². The van der Waals surface area contributed by atoms with E-state index in [1.54, 1.807) is 0 Å². The molecule has 1 aromatic rings. The second-order valence-corrected chi connectivity index (χ2v) is 5.54. The highest BCUT2D eigenvalue weighted by Crippen LogP contribution is 2.42. The Morgan fingerprint density at radius 1 is 1.30 bits per heavy atom. The fourth-order valence-corrected chi connectivity index (χ4v) is 2.54. The average Bonchev–Trinajstić information content (AvgIpc) is 3.26. The van der Waals surface area contributed by atoms with Crippen molar-refractivity contribution in [2.24, 2.45) is 4.99 Å². The zero-order valence-electron chi connectivity index (χ0n) is 13.7. The van der Waals surface area contributed by atoms with Crippen molar-refractivity contribution in [1.82, 2.24) is 10.6 Å². The summed E-state index contributed by atoms with van der Waals surface area (Å²) in [6.07, 6.45) is 1.56. The number of rotatable bonds is 8. The van der Waals surface area contributed by atoms with Gasteiger partial charge >= 0.3 is 0 Å². The Morgan fingerprint density at radius 2 is 2.04 bits per heavy atom. The zero-order valence-corrected chi connectivity index (χ0v) is 13.7. The van der Waals surface area contributed by atoms with Crippen LogP contribution in [0.5, 0.6) is 0 Å². The molecule has 4 nitrogen and oxygen atoms in total. The van der Waals surface area contributed by atoms with Gasteiger partial charge in [0.25, 0.3) is 0 Å². The number of hydrogen-bond acceptors (Lipinski definition) is 2. The summed E-state index contributed by atoms with van der Waals surface area (Å²) >= 11 is 0. The first-order valence-corrected chi connectivity index (χ1v) is 8.23. The lowest BCUT2D eigenvalue weighted by Crippen LogP contribution is -2.39. The van der Waals surface area contributed by atoms with Crippen molar-refractivity contribution in [2.45, 2.75) is 38.6 Å². The molecule has 1 aromatic carbocycles. The standard InChI is InChI=1S/C17H25F2N3O/c1-3-20-17(21-9-6-10-23-4-2)22-15-11-12(15)16-13(18)7-5-8-14(16)19/h5,7-8,12,15H,3-4,6,9-11H2,1-2H3,(H2,20,21,22). The van der Waals surface area contributed by atoms with Gasteiger partial charge in [0.2, 0.25) is 0 Å². The van der Waals surface area contributed by atoms with E-state index < -0.39 is 11.6 Å². The lowest BCUT2D eigenvalue weighted by molar-refractivity contribution is 0.146. The maximum absolute atomic E-state index is 13.8. The van der Waals surface area contributed by atoms with Crippen molar-refractivity contribution in [3.8, 4) is 0 Å². The second kappa shape index (κ2) is 8.82. The predicted molar refractivity (Wildman–Crippen MR) is 87.7 cm³/mol. The SMILES string of the molecule is CCNC(=NCCCOCC)NC1CC1c1c(F)cccc1F. The van der Waals surface area contributed by atoms with Crippen LogP contribution in [0.3, 0.4) is 0 Å². The Balaban J connectivity index is 1.88. The molecule has 1 saturated carbocycles. The molecule has 0 bridgehead atoms. The van der Waals surface area contributed by atoms with Crippen molar-refractivity contribution in [3.05, 3.63) is 35.4 Å². The minimum Gasteiger partial charge on any atom is -0.382 e. The number of hydrogen-bond donors (Lipinski definition) is 2. The van der Waals surface area contributed by atoms with Crippen molar-refractivity contribution >= 4 is 5.96 Å². The molecule has 0 heterocycles. The van der Waals surface area contributed by atoms with E-state index in [1.807, 2.05) is 13.8 Å². The van der Waals surface area contributed by atoms with Crippen molar-refractivity contribution in [3.63, 3.8) is 0 Å². The van der Waals surface area contributed by atoms with Crippen LogP contribution in [0.2, 0.25) is 0 Å². The Hall–Kier alpha value is -1.69. The molecular weight excluding hydrogens is 300 g/mol. The molecule has 0 spiro atoms. The van der Waals surface area contributed by atoms with Gasteiger partial charge in [-0.05, 0) is 38.8 Å². The van der Waals surface area contributed by atoms with Gasteiger partial charge in [0.1, 0.15) is 11.6 Å². The molecule has 128 valence electrons. The van der Waals surface area contributed by atoms with E-state index in [9.17, 15) is 8.78 Å². The van der Waals surface area contributed by atoms with Crippen LogP contribution in [0.15, 0.2) is 23.2 Å². The minimum absolute atomic E-state index is 0.0195. The van der Waals surface area contributed by atoms with Gasteiger partial charge in [-0.2, -0.15) is 0 Å². The summed E-state index contributed by atoms with van der Waals surface area (Å²) in [6, 6.07) is 4.02. The summed E-state index contributed by atoms with van der Waals surface area (Å²) in [5.41, 5.74) is 0.178. The molecule has 1 aliphatic rings. The Kier molecular flexibility index (Phi) is 6.77. The second-order valence-electron chi connectivity index (χ2n) is 5.54. The molecule has 1 aliphatic carbocycles. The van der Waals surface area contributed by atoms with E-state index in [-0.39, 0.29) is 17.5 Å². The maximum Gasteiger partial charge on any atom is 0.191 e. The zero-order chi connectivity index (χ0) is 16.7. The normalized spacial score (nSPS) is 20.4. The van der Waals surface area contributed by atoms with Gasteiger partial charge in [-0.3, -0.25) is 4.99 Å². The molecule has 0 radical (unpaired) electrons. The minimum atomic E-state index is -0.474. The molecule has 2 atom stereocenters. The number of nitrogens with one attached hydrogen (secondary N) is 2. The number of benzene rings is 1. The summed E-state index contributed by atoms with van der Waals surface area (Å²) in [5.74, 6) is -0.396. The molecule has 0 saturated heterocycles. The largest absolute Gasteiger partial charge is 0.382 e. The van der Waals surface area contributed by atoms with Crippen LogP contribution in [0.1, 0.15) is 38.2 Å². The number of nitrogens with zero attached hydrogens (tertiary/aromatic N) is 1. The first-order chi connectivity index (χ1) is 11.2. The van der Waals surface area contributed by atoms with Crippen LogP contribution < -0.4 is 10.6 Å². The molecule has 0 aliphatic heterocycles. The third-order valence-electron chi connectivity index (χ3n) is 3.75. The molecule has 2 N–H and O–H groups in total. The van der Waals surface area contributed by atoms with Crippen LogP contribution in [0, 0.1) is 11.6 Å². The quantitative estimate of drug-likeness (QED) is 0.439. The number of aliphatic imine (C=N–C) groups is 1. The fraction of sp³-hybridized carbons (Fsp3) is 0.588. The Morgan fingerprint density at radius 3 is 2.70 bits per heavy atom. The van der Waals surface area contributed by atoms with Crippen molar-refractivity contribution in [2.75, 3.05) is 26.3 Å². The number of halogens is 2. The van der Waals surface area contributed by atoms with E-state index in [0.717, 1.165) is 13.0 Å². The van der Waals surface area contributed by atoms with Gasteiger partial charge in [0.15, 0.2) is 5.96 Å². The third-order valence-corrected chi connectivity index (χ3v) is 3.75. The Bertz CT molecular complexity index is 516. The smallest absolute Gasteiger partial charge is 0.191 e. The summed E-state index contributed by atoms with van der Waals surface area (Å²) in [4.78, 5) is 4.47. The first kappa shape index (κ1) is 17.7. The van der Waals surface area contributed by atoms with Crippen molar-refractivity contribution < 1.29 is 13.5 Å². The lowest BCUT2D eigenvalue weighted by Gasteiger charge is -2.11. The monoisotopic (exact) mass is 325 g/mol. The molecule has 0 amide bonds. The van der Waals surface area contributed by atoms with E-state index in [4.69, 9.17) is 4.74 Å². The van der Waals surface area contributed by atoms with Gasteiger partial charge in [0.05, 0.1) is 0 Å². The number of guanidine groups is 1. The molecule has 2 unspecified atom stereocenters. The molecule has 2 rings (SSSR count). The Labute approximate surface area is 136 Å². The molecule has 0 aromatic heterocycles. The lowest BCUT2D eigenvalue weighted by atomic mass is 10.1. The summed E-state index contributed by atoms with van der Waals surface area (Å²) in [5, 5.41) is 6.41. The topological polar surface area (TPSA) is 45.7 Å². The van der Waals surface area contributed by atoms with Crippen LogP contribution >= 0.6 is 0 Å². The van der Waals surface area contributed by atoms with Gasteiger partial charge in [-0.15, -0.1) is 0 Å².